The first-order chi connectivity index (χ1) is 8.75. The molecule has 0 bridgehead atoms. The molecule has 0 amide bonds. The first-order valence-corrected chi connectivity index (χ1v) is 6.55. The summed E-state index contributed by atoms with van der Waals surface area (Å²) in [5.74, 6) is 0.730. The molecule has 0 saturated carbocycles. The summed E-state index contributed by atoms with van der Waals surface area (Å²) >= 11 is 1.29. The molecule has 2 nitrogen and oxygen atoms in total. The average Bonchev–Trinajstić information content (AvgIpc) is 2.86. The molecule has 0 saturated heterocycles. The van der Waals surface area contributed by atoms with E-state index < -0.39 is 5.82 Å². The number of rotatable bonds is 6. The summed E-state index contributed by atoms with van der Waals surface area (Å²) in [5, 5.41) is 3.16. The molecule has 0 unspecified atom stereocenters. The fourth-order valence-corrected chi connectivity index (χ4v) is 2.31. The van der Waals surface area contributed by atoms with Crippen molar-refractivity contribution in [3.05, 3.63) is 54.0 Å². The molecule has 18 heavy (non-hydrogen) atoms. The van der Waals surface area contributed by atoms with Gasteiger partial charge in [-0.05, 0) is 30.3 Å². The molecule has 5 heteroatoms. The molecule has 0 aliphatic heterocycles. The predicted octanol–water partition coefficient (Wildman–Crippen LogP) is 3.44. The zero-order valence-electron chi connectivity index (χ0n) is 9.66. The fraction of sp³-hybridized carbons (Fsp3) is 0.231. The number of hydrogen-bond donors (Lipinski definition) is 1. The molecule has 0 aliphatic rings. The Morgan fingerprint density at radius 2 is 2.11 bits per heavy atom. The van der Waals surface area contributed by atoms with Crippen molar-refractivity contribution in [3.63, 3.8) is 0 Å². The molecule has 2 aromatic rings. The number of halogens is 2. The highest BCUT2D eigenvalue weighted by molar-refractivity contribution is 7.99. The quantitative estimate of drug-likeness (QED) is 0.642. The largest absolute Gasteiger partial charge is 0.468 e. The van der Waals surface area contributed by atoms with E-state index in [0.29, 0.717) is 23.7 Å². The maximum absolute atomic E-state index is 13.3. The van der Waals surface area contributed by atoms with Crippen molar-refractivity contribution in [2.75, 3.05) is 12.3 Å². The Labute approximate surface area is 108 Å². The van der Waals surface area contributed by atoms with Crippen molar-refractivity contribution in [1.82, 2.24) is 5.32 Å². The lowest BCUT2D eigenvalue weighted by Crippen LogP contribution is -2.16. The van der Waals surface area contributed by atoms with E-state index in [2.05, 4.69) is 5.32 Å². The number of hydrogen-bond acceptors (Lipinski definition) is 3. The Kier molecular flexibility index (Phi) is 4.78. The normalized spacial score (nSPS) is 10.8. The lowest BCUT2D eigenvalue weighted by atomic mass is 10.3. The Bertz CT molecular complexity index is 488. The van der Waals surface area contributed by atoms with Crippen LogP contribution in [0, 0.1) is 11.6 Å². The van der Waals surface area contributed by atoms with Gasteiger partial charge in [-0.2, -0.15) is 0 Å². The minimum absolute atomic E-state index is 0.342. The molecule has 1 heterocycles. The highest BCUT2D eigenvalue weighted by Crippen LogP contribution is 2.22. The van der Waals surface area contributed by atoms with E-state index in [0.717, 1.165) is 17.9 Å². The van der Waals surface area contributed by atoms with Crippen LogP contribution in [-0.2, 0) is 6.54 Å². The first kappa shape index (κ1) is 13.1. The van der Waals surface area contributed by atoms with Gasteiger partial charge in [0.05, 0.1) is 12.8 Å². The number of nitrogens with one attached hydrogen (secondary N) is 1. The monoisotopic (exact) mass is 269 g/mol. The summed E-state index contributed by atoms with van der Waals surface area (Å²) in [6.07, 6.45) is 1.62. The second-order valence-corrected chi connectivity index (χ2v) is 4.82. The minimum atomic E-state index is -0.414. The van der Waals surface area contributed by atoms with E-state index in [1.807, 2.05) is 12.1 Å². The lowest BCUT2D eigenvalue weighted by molar-refractivity contribution is 0.488. The third kappa shape index (κ3) is 3.85. The summed E-state index contributed by atoms with van der Waals surface area (Å²) < 4.78 is 31.3. The summed E-state index contributed by atoms with van der Waals surface area (Å²) in [4.78, 5) is 0.342. The van der Waals surface area contributed by atoms with Gasteiger partial charge < -0.3 is 9.73 Å². The third-order valence-corrected chi connectivity index (χ3v) is 3.34. The van der Waals surface area contributed by atoms with Crippen LogP contribution in [-0.4, -0.2) is 12.3 Å². The van der Waals surface area contributed by atoms with Crippen molar-refractivity contribution in [2.24, 2.45) is 0 Å². The molecular formula is C13H13F2NOS. The average molecular weight is 269 g/mol. The van der Waals surface area contributed by atoms with Crippen molar-refractivity contribution in [3.8, 4) is 0 Å². The molecule has 1 aromatic carbocycles. The van der Waals surface area contributed by atoms with Gasteiger partial charge in [0.15, 0.2) is 0 Å². The highest BCUT2D eigenvalue weighted by atomic mass is 32.2. The van der Waals surface area contributed by atoms with Gasteiger partial charge in [-0.3, -0.25) is 0 Å². The van der Waals surface area contributed by atoms with Gasteiger partial charge in [0.1, 0.15) is 17.4 Å². The van der Waals surface area contributed by atoms with Crippen LogP contribution >= 0.6 is 11.8 Å². The zero-order valence-corrected chi connectivity index (χ0v) is 10.5. The smallest absolute Gasteiger partial charge is 0.136 e. The van der Waals surface area contributed by atoms with Crippen molar-refractivity contribution in [2.45, 2.75) is 11.4 Å². The van der Waals surface area contributed by atoms with E-state index in [4.69, 9.17) is 4.42 Å². The Morgan fingerprint density at radius 3 is 2.89 bits per heavy atom. The van der Waals surface area contributed by atoms with Gasteiger partial charge >= 0.3 is 0 Å². The van der Waals surface area contributed by atoms with Gasteiger partial charge in [-0.1, -0.05) is 0 Å². The van der Waals surface area contributed by atoms with E-state index in [1.54, 1.807) is 6.26 Å². The van der Waals surface area contributed by atoms with Gasteiger partial charge in [-0.25, -0.2) is 8.78 Å². The molecule has 0 spiro atoms. The Hall–Kier alpha value is -1.33. The van der Waals surface area contributed by atoms with Crippen LogP contribution in [0.3, 0.4) is 0 Å². The summed E-state index contributed by atoms with van der Waals surface area (Å²) in [6.45, 7) is 1.33. The minimum Gasteiger partial charge on any atom is -0.468 e. The van der Waals surface area contributed by atoms with Crippen LogP contribution in [0.1, 0.15) is 5.76 Å². The predicted molar refractivity (Wildman–Crippen MR) is 67.5 cm³/mol. The maximum atomic E-state index is 13.3. The molecule has 2 rings (SSSR count). The number of benzene rings is 1. The second-order valence-electron chi connectivity index (χ2n) is 3.68. The Balaban J connectivity index is 1.70. The zero-order chi connectivity index (χ0) is 12.8. The van der Waals surface area contributed by atoms with Crippen LogP contribution in [0.5, 0.6) is 0 Å². The molecular weight excluding hydrogens is 256 g/mol. The summed E-state index contributed by atoms with van der Waals surface area (Å²) in [7, 11) is 0. The SMILES string of the molecule is Fc1ccc(F)c(SCCNCc2ccco2)c1. The van der Waals surface area contributed by atoms with Gasteiger partial charge in [0.25, 0.3) is 0 Å². The van der Waals surface area contributed by atoms with Crippen molar-refractivity contribution >= 4 is 11.8 Å². The maximum Gasteiger partial charge on any atom is 0.136 e. The van der Waals surface area contributed by atoms with Crippen molar-refractivity contribution < 1.29 is 13.2 Å². The highest BCUT2D eigenvalue weighted by Gasteiger charge is 2.04. The Morgan fingerprint density at radius 1 is 1.22 bits per heavy atom. The van der Waals surface area contributed by atoms with E-state index >= 15 is 0 Å². The standard InChI is InChI=1S/C13H13F2NOS/c14-10-3-4-12(15)13(8-10)18-7-5-16-9-11-2-1-6-17-11/h1-4,6,8,16H,5,7,9H2. The van der Waals surface area contributed by atoms with Gasteiger partial charge in [0, 0.05) is 17.2 Å². The number of furan rings is 1. The third-order valence-electron chi connectivity index (χ3n) is 2.31. The fourth-order valence-electron chi connectivity index (χ4n) is 1.45. The second kappa shape index (κ2) is 6.56. The first-order valence-electron chi connectivity index (χ1n) is 5.56. The molecule has 0 aliphatic carbocycles. The summed E-state index contributed by atoms with van der Waals surface area (Å²) in [6, 6.07) is 7.19. The topological polar surface area (TPSA) is 25.2 Å². The molecule has 0 fully saturated rings. The van der Waals surface area contributed by atoms with Crippen LogP contribution < -0.4 is 5.32 Å². The van der Waals surface area contributed by atoms with Crippen LogP contribution in [0.15, 0.2) is 45.9 Å². The molecule has 1 aromatic heterocycles. The summed E-state index contributed by atoms with van der Waals surface area (Å²) in [5.41, 5.74) is 0. The van der Waals surface area contributed by atoms with E-state index in [9.17, 15) is 8.78 Å². The van der Waals surface area contributed by atoms with Crippen LogP contribution in [0.25, 0.3) is 0 Å². The van der Waals surface area contributed by atoms with Crippen LogP contribution in [0.2, 0.25) is 0 Å². The van der Waals surface area contributed by atoms with Crippen LogP contribution in [0.4, 0.5) is 8.78 Å². The molecule has 1 N–H and O–H groups in total. The lowest BCUT2D eigenvalue weighted by Gasteiger charge is -2.04. The van der Waals surface area contributed by atoms with E-state index in [1.165, 1.54) is 17.8 Å². The number of thioether (sulfide) groups is 1. The van der Waals surface area contributed by atoms with Gasteiger partial charge in [0.2, 0.25) is 0 Å². The van der Waals surface area contributed by atoms with E-state index in [-0.39, 0.29) is 5.82 Å². The molecule has 0 radical (unpaired) electrons. The van der Waals surface area contributed by atoms with Crippen molar-refractivity contribution in [1.29, 1.82) is 0 Å². The van der Waals surface area contributed by atoms with Gasteiger partial charge in [-0.15, -0.1) is 11.8 Å². The molecule has 96 valence electrons. The molecule has 0 atom stereocenters.